The van der Waals surface area contributed by atoms with Crippen LogP contribution in [0.3, 0.4) is 0 Å². The van der Waals surface area contributed by atoms with Crippen molar-refractivity contribution in [2.24, 2.45) is 0 Å². The molecule has 0 aliphatic heterocycles. The lowest BCUT2D eigenvalue weighted by Crippen LogP contribution is -2.34. The van der Waals surface area contributed by atoms with Crippen LogP contribution < -0.4 is 4.74 Å². The van der Waals surface area contributed by atoms with Crippen molar-refractivity contribution in [1.29, 1.82) is 0 Å². The summed E-state index contributed by atoms with van der Waals surface area (Å²) in [5.41, 5.74) is 4.07. The molecule has 1 aromatic rings. The van der Waals surface area contributed by atoms with E-state index in [1.807, 2.05) is 6.92 Å². The second kappa shape index (κ2) is 7.49. The fourth-order valence-electron chi connectivity index (χ4n) is 3.79. The van der Waals surface area contributed by atoms with Gasteiger partial charge in [0.25, 0.3) is 0 Å². The SMILES string of the molecule is CCCOc1cc2c(cc1C(CC)=C(F)CO)C(C)(C)CCC2(C)C. The van der Waals surface area contributed by atoms with Gasteiger partial charge in [-0.1, -0.05) is 41.5 Å². The van der Waals surface area contributed by atoms with Crippen molar-refractivity contribution >= 4 is 5.57 Å². The summed E-state index contributed by atoms with van der Waals surface area (Å²) in [6.45, 7) is 13.1. The van der Waals surface area contributed by atoms with Crippen molar-refractivity contribution in [1.82, 2.24) is 0 Å². The average molecular weight is 349 g/mol. The number of aliphatic hydroxyl groups is 1. The highest BCUT2D eigenvalue weighted by Crippen LogP contribution is 2.49. The van der Waals surface area contributed by atoms with Crippen LogP contribution in [0.15, 0.2) is 18.0 Å². The minimum absolute atomic E-state index is 0.0530. The molecule has 0 fully saturated rings. The number of allylic oxidation sites excluding steroid dienone is 1. The highest BCUT2D eigenvalue weighted by atomic mass is 19.1. The molecule has 2 rings (SSSR count). The first-order valence-electron chi connectivity index (χ1n) is 9.48. The summed E-state index contributed by atoms with van der Waals surface area (Å²) in [6, 6.07) is 4.25. The second-order valence-corrected chi connectivity index (χ2v) is 8.41. The third-order valence-electron chi connectivity index (χ3n) is 5.56. The van der Waals surface area contributed by atoms with Crippen molar-refractivity contribution in [2.45, 2.75) is 78.1 Å². The Kier molecular flexibility index (Phi) is 5.98. The van der Waals surface area contributed by atoms with Gasteiger partial charge in [0.1, 0.15) is 11.6 Å². The summed E-state index contributed by atoms with van der Waals surface area (Å²) in [5.74, 6) is 0.281. The van der Waals surface area contributed by atoms with Crippen LogP contribution in [0.5, 0.6) is 5.75 Å². The molecular weight excluding hydrogens is 315 g/mol. The first-order valence-corrected chi connectivity index (χ1v) is 9.48. The zero-order valence-electron chi connectivity index (χ0n) is 16.6. The zero-order chi connectivity index (χ0) is 18.8. The molecule has 0 bridgehead atoms. The van der Waals surface area contributed by atoms with Gasteiger partial charge in [-0.05, 0) is 65.3 Å². The van der Waals surface area contributed by atoms with Crippen LogP contribution in [0.1, 0.15) is 83.9 Å². The summed E-state index contributed by atoms with van der Waals surface area (Å²) in [6.07, 6.45) is 3.66. The fourth-order valence-corrected chi connectivity index (χ4v) is 3.79. The van der Waals surface area contributed by atoms with Crippen LogP contribution in [-0.4, -0.2) is 18.3 Å². The van der Waals surface area contributed by atoms with Crippen molar-refractivity contribution in [3.05, 3.63) is 34.6 Å². The lowest BCUT2D eigenvalue weighted by Gasteiger charge is -2.42. The van der Waals surface area contributed by atoms with Crippen LogP contribution in [0.2, 0.25) is 0 Å². The van der Waals surface area contributed by atoms with Gasteiger partial charge in [0.05, 0.1) is 13.2 Å². The molecule has 0 aromatic heterocycles. The van der Waals surface area contributed by atoms with Crippen molar-refractivity contribution in [3.8, 4) is 5.75 Å². The summed E-state index contributed by atoms with van der Waals surface area (Å²) in [7, 11) is 0. The Morgan fingerprint density at radius 3 is 2.12 bits per heavy atom. The van der Waals surface area contributed by atoms with E-state index in [0.29, 0.717) is 18.6 Å². The predicted molar refractivity (Wildman–Crippen MR) is 103 cm³/mol. The van der Waals surface area contributed by atoms with Crippen LogP contribution in [0.25, 0.3) is 5.57 Å². The van der Waals surface area contributed by atoms with E-state index in [1.54, 1.807) is 0 Å². The van der Waals surface area contributed by atoms with E-state index in [4.69, 9.17) is 4.74 Å². The number of hydrogen-bond donors (Lipinski definition) is 1. The van der Waals surface area contributed by atoms with E-state index < -0.39 is 12.4 Å². The van der Waals surface area contributed by atoms with Gasteiger partial charge >= 0.3 is 0 Å². The van der Waals surface area contributed by atoms with Crippen LogP contribution >= 0.6 is 0 Å². The van der Waals surface area contributed by atoms with Gasteiger partial charge in [-0.25, -0.2) is 4.39 Å². The Labute approximate surface area is 152 Å². The second-order valence-electron chi connectivity index (χ2n) is 8.41. The molecule has 140 valence electrons. The molecule has 2 nitrogen and oxygen atoms in total. The van der Waals surface area contributed by atoms with E-state index in [2.05, 4.69) is 46.8 Å². The number of fused-ring (bicyclic) bond motifs is 1. The Hall–Kier alpha value is -1.35. The average Bonchev–Trinajstić information content (AvgIpc) is 2.57. The monoisotopic (exact) mass is 348 g/mol. The molecule has 1 aromatic carbocycles. The molecule has 0 atom stereocenters. The molecule has 1 aliphatic rings. The quantitative estimate of drug-likeness (QED) is 0.693. The van der Waals surface area contributed by atoms with Gasteiger partial charge in [0.15, 0.2) is 0 Å². The minimum Gasteiger partial charge on any atom is -0.493 e. The van der Waals surface area contributed by atoms with Gasteiger partial charge in [-0.15, -0.1) is 0 Å². The fraction of sp³-hybridized carbons (Fsp3) is 0.636. The number of aliphatic hydroxyl groups excluding tert-OH is 1. The molecule has 0 saturated carbocycles. The topological polar surface area (TPSA) is 29.5 Å². The highest BCUT2D eigenvalue weighted by Gasteiger charge is 2.38. The van der Waals surface area contributed by atoms with E-state index >= 15 is 0 Å². The Morgan fingerprint density at radius 2 is 1.64 bits per heavy atom. The van der Waals surface area contributed by atoms with Crippen molar-refractivity contribution in [3.63, 3.8) is 0 Å². The molecule has 1 N–H and O–H groups in total. The van der Waals surface area contributed by atoms with Gasteiger partial charge in [0, 0.05) is 5.56 Å². The number of halogens is 1. The Bertz CT molecular complexity index is 656. The summed E-state index contributed by atoms with van der Waals surface area (Å²) < 4.78 is 20.3. The molecule has 0 amide bonds. The van der Waals surface area contributed by atoms with Crippen molar-refractivity contribution < 1.29 is 14.2 Å². The van der Waals surface area contributed by atoms with E-state index in [1.165, 1.54) is 11.1 Å². The normalized spacial score (nSPS) is 19.2. The molecule has 25 heavy (non-hydrogen) atoms. The Balaban J connectivity index is 2.74. The number of ether oxygens (including phenoxy) is 1. The molecule has 0 unspecified atom stereocenters. The van der Waals surface area contributed by atoms with Gasteiger partial charge < -0.3 is 9.84 Å². The van der Waals surface area contributed by atoms with Gasteiger partial charge in [0.2, 0.25) is 0 Å². The lowest BCUT2D eigenvalue weighted by atomic mass is 9.62. The smallest absolute Gasteiger partial charge is 0.129 e. The largest absolute Gasteiger partial charge is 0.493 e. The zero-order valence-corrected chi connectivity index (χ0v) is 16.6. The summed E-state index contributed by atoms with van der Waals surface area (Å²) in [5, 5.41) is 9.32. The van der Waals surface area contributed by atoms with Crippen LogP contribution in [0, 0.1) is 0 Å². The van der Waals surface area contributed by atoms with Gasteiger partial charge in [-0.3, -0.25) is 0 Å². The maximum Gasteiger partial charge on any atom is 0.129 e. The van der Waals surface area contributed by atoms with Crippen LogP contribution in [-0.2, 0) is 10.8 Å². The molecule has 0 heterocycles. The molecule has 0 radical (unpaired) electrons. The highest BCUT2D eigenvalue weighted by molar-refractivity contribution is 5.74. The third kappa shape index (κ3) is 3.92. The summed E-state index contributed by atoms with van der Waals surface area (Å²) in [4.78, 5) is 0. The molecular formula is C22H33FO2. The van der Waals surface area contributed by atoms with E-state index in [-0.39, 0.29) is 10.8 Å². The number of benzene rings is 1. The maximum atomic E-state index is 14.3. The first kappa shape index (κ1) is 20.0. The lowest BCUT2D eigenvalue weighted by molar-refractivity contribution is 0.297. The van der Waals surface area contributed by atoms with Gasteiger partial charge in [-0.2, -0.15) is 0 Å². The van der Waals surface area contributed by atoms with E-state index in [0.717, 1.165) is 30.6 Å². The molecule has 1 aliphatic carbocycles. The number of hydrogen-bond acceptors (Lipinski definition) is 2. The van der Waals surface area contributed by atoms with Crippen molar-refractivity contribution in [2.75, 3.05) is 13.2 Å². The maximum absolute atomic E-state index is 14.3. The third-order valence-corrected chi connectivity index (χ3v) is 5.56. The Morgan fingerprint density at radius 1 is 1.08 bits per heavy atom. The number of rotatable bonds is 6. The van der Waals surface area contributed by atoms with E-state index in [9.17, 15) is 9.50 Å². The standard InChI is InChI=1S/C22H33FO2/c1-7-11-25-20-13-18-17(21(3,4)9-10-22(18,5)6)12-16(20)15(8-2)19(23)14-24/h12-13,24H,7-11,14H2,1-6H3. The molecule has 0 saturated heterocycles. The molecule has 0 spiro atoms. The first-order chi connectivity index (χ1) is 11.7. The molecule has 3 heteroatoms. The minimum atomic E-state index is -0.567. The summed E-state index contributed by atoms with van der Waals surface area (Å²) >= 11 is 0. The predicted octanol–water partition coefficient (Wildman–Crippen LogP) is 5.91. The van der Waals surface area contributed by atoms with Crippen LogP contribution in [0.4, 0.5) is 4.39 Å².